The normalized spacial score (nSPS) is 10.9. The summed E-state index contributed by atoms with van der Waals surface area (Å²) in [6.07, 6.45) is 0.782. The van der Waals surface area contributed by atoms with Gasteiger partial charge < -0.3 is 9.88 Å². The van der Waals surface area contributed by atoms with E-state index in [2.05, 4.69) is 42.2 Å². The van der Waals surface area contributed by atoms with Gasteiger partial charge in [-0.15, -0.1) is 0 Å². The molecule has 1 N–H and O–H groups in total. The summed E-state index contributed by atoms with van der Waals surface area (Å²) in [5, 5.41) is 2.94. The minimum absolute atomic E-state index is 0.0779. The third-order valence-electron chi connectivity index (χ3n) is 3.56. The highest BCUT2D eigenvalue weighted by Crippen LogP contribution is 2.26. The zero-order valence-corrected chi connectivity index (χ0v) is 15.7. The van der Waals surface area contributed by atoms with Gasteiger partial charge in [-0.25, -0.2) is 4.98 Å². The van der Waals surface area contributed by atoms with Crippen LogP contribution in [0.1, 0.15) is 12.7 Å². The number of para-hydroxylation sites is 2. The number of amides is 1. The van der Waals surface area contributed by atoms with Crippen LogP contribution in [0.3, 0.4) is 0 Å². The van der Waals surface area contributed by atoms with E-state index in [0.29, 0.717) is 0 Å². The molecule has 0 aliphatic heterocycles. The molecular weight excluding hydrogens is 422 g/mol. The van der Waals surface area contributed by atoms with Gasteiger partial charge >= 0.3 is 0 Å². The second-order valence-corrected chi connectivity index (χ2v) is 6.90. The van der Waals surface area contributed by atoms with E-state index >= 15 is 0 Å². The smallest absolute Gasteiger partial charge is 0.244 e. The van der Waals surface area contributed by atoms with Crippen molar-refractivity contribution in [2.45, 2.75) is 19.9 Å². The van der Waals surface area contributed by atoms with Gasteiger partial charge in [0, 0.05) is 15.4 Å². The largest absolute Gasteiger partial charge is 0.324 e. The van der Waals surface area contributed by atoms with Gasteiger partial charge in [0.25, 0.3) is 0 Å². The first-order chi connectivity index (χ1) is 11.1. The van der Waals surface area contributed by atoms with Crippen molar-refractivity contribution in [2.24, 2.45) is 0 Å². The molecule has 1 aromatic heterocycles. The number of hydrogen-bond donors (Lipinski definition) is 1. The Morgan fingerprint density at radius 1 is 1.22 bits per heavy atom. The summed E-state index contributed by atoms with van der Waals surface area (Å²) in [7, 11) is 0. The quantitative estimate of drug-likeness (QED) is 0.640. The first-order valence-corrected chi connectivity index (χ1v) is 8.86. The first-order valence-electron chi connectivity index (χ1n) is 7.27. The molecule has 23 heavy (non-hydrogen) atoms. The number of carbonyl (C=O) groups excluding carboxylic acids is 1. The standard InChI is InChI=1S/C17H15Br2N3O/c1-2-16-20-14-5-3-4-6-15(14)22(16)10-17(23)21-13-8-7-11(18)9-12(13)19/h3-9H,2,10H2,1H3,(H,21,23). The fourth-order valence-electron chi connectivity index (χ4n) is 2.50. The van der Waals surface area contributed by atoms with Crippen molar-refractivity contribution in [2.75, 3.05) is 5.32 Å². The molecule has 0 aliphatic carbocycles. The number of carbonyl (C=O) groups is 1. The Kier molecular flexibility index (Phi) is 4.82. The van der Waals surface area contributed by atoms with Crippen LogP contribution in [-0.4, -0.2) is 15.5 Å². The van der Waals surface area contributed by atoms with Crippen molar-refractivity contribution in [1.29, 1.82) is 0 Å². The average Bonchev–Trinajstić information content (AvgIpc) is 2.88. The van der Waals surface area contributed by atoms with Gasteiger partial charge in [-0.3, -0.25) is 4.79 Å². The van der Waals surface area contributed by atoms with Crippen LogP contribution in [0.25, 0.3) is 11.0 Å². The number of anilines is 1. The molecule has 2 aromatic carbocycles. The number of nitrogens with one attached hydrogen (secondary N) is 1. The second-order valence-electron chi connectivity index (χ2n) is 5.13. The summed E-state index contributed by atoms with van der Waals surface area (Å²) in [5.74, 6) is 0.835. The Morgan fingerprint density at radius 3 is 2.74 bits per heavy atom. The summed E-state index contributed by atoms with van der Waals surface area (Å²) < 4.78 is 3.76. The minimum Gasteiger partial charge on any atom is -0.324 e. The van der Waals surface area contributed by atoms with Gasteiger partial charge in [-0.1, -0.05) is 35.0 Å². The van der Waals surface area contributed by atoms with Crippen molar-refractivity contribution < 1.29 is 4.79 Å². The number of rotatable bonds is 4. The lowest BCUT2D eigenvalue weighted by Gasteiger charge is -2.10. The number of aromatic nitrogens is 2. The Hall–Kier alpha value is -1.66. The maximum absolute atomic E-state index is 12.4. The van der Waals surface area contributed by atoms with Gasteiger partial charge in [0.15, 0.2) is 0 Å². The van der Waals surface area contributed by atoms with Gasteiger partial charge in [0.2, 0.25) is 5.91 Å². The highest BCUT2D eigenvalue weighted by molar-refractivity contribution is 9.11. The monoisotopic (exact) mass is 435 g/mol. The lowest BCUT2D eigenvalue weighted by molar-refractivity contribution is -0.116. The van der Waals surface area contributed by atoms with Gasteiger partial charge in [0.05, 0.1) is 16.7 Å². The maximum atomic E-state index is 12.4. The fourth-order valence-corrected chi connectivity index (χ4v) is 3.64. The zero-order chi connectivity index (χ0) is 16.4. The average molecular weight is 437 g/mol. The third-order valence-corrected chi connectivity index (χ3v) is 4.71. The van der Waals surface area contributed by atoms with E-state index in [1.54, 1.807) is 0 Å². The lowest BCUT2D eigenvalue weighted by atomic mass is 10.3. The lowest BCUT2D eigenvalue weighted by Crippen LogP contribution is -2.20. The molecule has 0 unspecified atom stereocenters. The van der Waals surface area contributed by atoms with Crippen molar-refractivity contribution >= 4 is 54.5 Å². The number of fused-ring (bicyclic) bond motifs is 1. The molecule has 0 atom stereocenters. The Balaban J connectivity index is 1.85. The van der Waals surface area contributed by atoms with Crippen LogP contribution in [0.4, 0.5) is 5.69 Å². The van der Waals surface area contributed by atoms with E-state index in [0.717, 1.165) is 37.9 Å². The molecule has 0 radical (unpaired) electrons. The van der Waals surface area contributed by atoms with E-state index in [1.807, 2.05) is 54.0 Å². The van der Waals surface area contributed by atoms with Gasteiger partial charge in [0.1, 0.15) is 12.4 Å². The van der Waals surface area contributed by atoms with E-state index in [1.165, 1.54) is 0 Å². The SMILES string of the molecule is CCc1nc2ccccc2n1CC(=O)Nc1ccc(Br)cc1Br. The topological polar surface area (TPSA) is 46.9 Å². The highest BCUT2D eigenvalue weighted by atomic mass is 79.9. The molecule has 3 rings (SSSR count). The number of nitrogens with zero attached hydrogens (tertiary/aromatic N) is 2. The summed E-state index contributed by atoms with van der Waals surface area (Å²) in [5.41, 5.74) is 2.65. The first kappa shape index (κ1) is 16.2. The van der Waals surface area contributed by atoms with Gasteiger partial charge in [-0.05, 0) is 46.3 Å². The van der Waals surface area contributed by atoms with Crippen molar-refractivity contribution in [1.82, 2.24) is 9.55 Å². The summed E-state index contributed by atoms with van der Waals surface area (Å²) >= 11 is 6.86. The van der Waals surface area contributed by atoms with Crippen LogP contribution < -0.4 is 5.32 Å². The molecule has 0 bridgehead atoms. The summed E-state index contributed by atoms with van der Waals surface area (Å²) in [6.45, 7) is 2.28. The van der Waals surface area contributed by atoms with Gasteiger partial charge in [-0.2, -0.15) is 0 Å². The molecule has 0 spiro atoms. The van der Waals surface area contributed by atoms with Crippen LogP contribution in [0.5, 0.6) is 0 Å². The number of aryl methyl sites for hydroxylation is 1. The van der Waals surface area contributed by atoms with Crippen LogP contribution in [-0.2, 0) is 17.8 Å². The molecule has 6 heteroatoms. The Morgan fingerprint density at radius 2 is 2.00 bits per heavy atom. The molecule has 3 aromatic rings. The predicted octanol–water partition coefficient (Wildman–Crippen LogP) is 4.76. The van der Waals surface area contributed by atoms with Crippen LogP contribution in [0.2, 0.25) is 0 Å². The van der Waals surface area contributed by atoms with Crippen LogP contribution in [0.15, 0.2) is 51.4 Å². The Labute approximate surface area is 151 Å². The molecule has 4 nitrogen and oxygen atoms in total. The number of imidazole rings is 1. The van der Waals surface area contributed by atoms with Crippen molar-refractivity contribution in [3.8, 4) is 0 Å². The van der Waals surface area contributed by atoms with E-state index in [-0.39, 0.29) is 12.5 Å². The molecule has 0 aliphatic rings. The van der Waals surface area contributed by atoms with Crippen LogP contribution in [0, 0.1) is 0 Å². The second kappa shape index (κ2) is 6.84. The molecule has 1 amide bonds. The third kappa shape index (κ3) is 3.48. The minimum atomic E-state index is -0.0779. The van der Waals surface area contributed by atoms with Crippen molar-refractivity contribution in [3.05, 3.63) is 57.2 Å². The van der Waals surface area contributed by atoms with Crippen molar-refractivity contribution in [3.63, 3.8) is 0 Å². The van der Waals surface area contributed by atoms with E-state index in [4.69, 9.17) is 0 Å². The predicted molar refractivity (Wildman–Crippen MR) is 99.6 cm³/mol. The summed E-state index contributed by atoms with van der Waals surface area (Å²) in [4.78, 5) is 17.0. The Bertz CT molecular complexity index is 873. The summed E-state index contributed by atoms with van der Waals surface area (Å²) in [6, 6.07) is 13.5. The molecular formula is C17H15Br2N3O. The number of hydrogen-bond acceptors (Lipinski definition) is 2. The van der Waals surface area contributed by atoms with E-state index < -0.39 is 0 Å². The van der Waals surface area contributed by atoms with Crippen LogP contribution >= 0.6 is 31.9 Å². The fraction of sp³-hybridized carbons (Fsp3) is 0.176. The zero-order valence-electron chi connectivity index (χ0n) is 12.5. The molecule has 0 fully saturated rings. The number of benzene rings is 2. The van der Waals surface area contributed by atoms with E-state index in [9.17, 15) is 4.79 Å². The molecule has 1 heterocycles. The molecule has 118 valence electrons. The maximum Gasteiger partial charge on any atom is 0.244 e. The molecule has 0 saturated carbocycles. The number of halogens is 2. The molecule has 0 saturated heterocycles. The highest BCUT2D eigenvalue weighted by Gasteiger charge is 2.13.